The Labute approximate surface area is 222 Å². The molecular weight excluding hydrogens is 530 g/mol. The van der Waals surface area contributed by atoms with Crippen LogP contribution in [0.4, 0.5) is 0 Å². The Morgan fingerprint density at radius 2 is 1.91 bits per heavy atom. The molecule has 3 heterocycles. The number of amides is 3. The van der Waals surface area contributed by atoms with Crippen molar-refractivity contribution in [3.05, 3.63) is 25.3 Å². The van der Waals surface area contributed by atoms with Crippen molar-refractivity contribution in [1.29, 1.82) is 0 Å². The molecule has 3 fully saturated rings. The third-order valence-electron chi connectivity index (χ3n) is 7.59. The molecule has 3 aliphatic heterocycles. The molecule has 0 aromatic heterocycles. The van der Waals surface area contributed by atoms with Crippen LogP contribution in [0.15, 0.2) is 25.3 Å². The van der Waals surface area contributed by atoms with Crippen LogP contribution < -0.4 is 0 Å². The highest BCUT2D eigenvalue weighted by Crippen LogP contribution is 2.68. The summed E-state index contributed by atoms with van der Waals surface area (Å²) >= 11 is 5.48. The minimum Gasteiger partial charge on any atom is -0.396 e. The summed E-state index contributed by atoms with van der Waals surface area (Å²) in [5.41, 5.74) is 0. The van der Waals surface area contributed by atoms with Gasteiger partial charge in [-0.05, 0) is 25.7 Å². The van der Waals surface area contributed by atoms with Gasteiger partial charge in [0.1, 0.15) is 6.04 Å². The Hall–Kier alpha value is -1.32. The molecule has 0 aromatic rings. The number of fused-ring (bicyclic) bond motifs is 1. The van der Waals surface area contributed by atoms with Gasteiger partial charge in [-0.1, -0.05) is 47.8 Å². The number of aliphatic hydroxyl groups is 1. The second kappa shape index (κ2) is 12.3. The smallest absolute Gasteiger partial charge is 0.247 e. The molecule has 9 heteroatoms. The fourth-order valence-corrected chi connectivity index (χ4v) is 9.64. The van der Waals surface area contributed by atoms with E-state index in [0.717, 1.165) is 19.3 Å². The summed E-state index contributed by atoms with van der Waals surface area (Å²) in [6.07, 6.45) is 8.29. The molecule has 3 rings (SSSR count). The van der Waals surface area contributed by atoms with Gasteiger partial charge in [-0.15, -0.1) is 24.9 Å². The maximum atomic E-state index is 14.2. The number of carbonyl (C=O) groups excluding carboxylic acids is 3. The summed E-state index contributed by atoms with van der Waals surface area (Å²) in [6, 6.07) is -0.613. The Bertz CT molecular complexity index is 826. The van der Waals surface area contributed by atoms with Crippen LogP contribution >= 0.6 is 27.7 Å². The number of hydrogen-bond donors (Lipinski definition) is 1. The molecule has 3 saturated heterocycles. The maximum Gasteiger partial charge on any atom is 0.247 e. The third kappa shape index (κ3) is 5.23. The molecule has 35 heavy (non-hydrogen) atoms. The van der Waals surface area contributed by atoms with Gasteiger partial charge >= 0.3 is 0 Å². The van der Waals surface area contributed by atoms with Gasteiger partial charge in [0, 0.05) is 49.9 Å². The zero-order valence-corrected chi connectivity index (χ0v) is 23.4. The Morgan fingerprint density at radius 3 is 2.54 bits per heavy atom. The monoisotopic (exact) mass is 569 g/mol. The van der Waals surface area contributed by atoms with Crippen LogP contribution in [0.3, 0.4) is 0 Å². The number of carbonyl (C=O) groups is 3. The molecule has 2 bridgehead atoms. The zero-order chi connectivity index (χ0) is 25.8. The molecule has 3 aliphatic rings. The molecule has 3 amide bonds. The number of likely N-dealkylation sites (tertiary alicyclic amines) is 1. The van der Waals surface area contributed by atoms with Crippen molar-refractivity contribution < 1.29 is 19.5 Å². The van der Waals surface area contributed by atoms with E-state index in [2.05, 4.69) is 36.0 Å². The number of nitrogens with zero attached hydrogens (tertiary/aromatic N) is 3. The third-order valence-corrected chi connectivity index (χ3v) is 10.8. The summed E-state index contributed by atoms with van der Waals surface area (Å²) < 4.78 is -0.633. The van der Waals surface area contributed by atoms with Gasteiger partial charge in [0.25, 0.3) is 0 Å². The first-order chi connectivity index (χ1) is 16.8. The Morgan fingerprint density at radius 1 is 1.20 bits per heavy atom. The number of rotatable bonds is 14. The predicted molar refractivity (Wildman–Crippen MR) is 144 cm³/mol. The normalized spacial score (nSPS) is 30.9. The van der Waals surface area contributed by atoms with Crippen LogP contribution in [0.2, 0.25) is 0 Å². The lowest BCUT2D eigenvalue weighted by Gasteiger charge is -2.38. The SMILES string of the molecule is C=CCN(C)C(=O)[C@H]1[C@H]2C(=O)N(CCCCO)C(C(=O)N(CC=C)CCCCC)C23CC(Br)[C@@H]1S3. The molecule has 0 aliphatic carbocycles. The summed E-state index contributed by atoms with van der Waals surface area (Å²) in [7, 11) is 1.75. The second-order valence-electron chi connectivity index (χ2n) is 9.91. The lowest BCUT2D eigenvalue weighted by atomic mass is 9.70. The fourth-order valence-electron chi connectivity index (χ4n) is 6.04. The standard InChI is InChI=1S/C26H40BrN3O4S/c1-5-8-9-14-29(13-7-3)25(34)22-26-17-18(27)21(35-26)19(23(32)28(4)12-6-2)20(26)24(33)30(22)15-10-11-16-31/h6-7,18-22,31H,2-3,5,8-17H2,1,4H3/t18?,19-,20-,21-,22?,26?/m0/s1. The van der Waals surface area contributed by atoms with E-state index in [0.29, 0.717) is 45.4 Å². The van der Waals surface area contributed by atoms with E-state index in [1.807, 2.05) is 4.90 Å². The lowest BCUT2D eigenvalue weighted by Crippen LogP contribution is -2.56. The van der Waals surface area contributed by atoms with E-state index in [1.165, 1.54) is 0 Å². The molecule has 7 nitrogen and oxygen atoms in total. The Balaban J connectivity index is 2.00. The molecule has 0 saturated carbocycles. The fraction of sp³-hybridized carbons (Fsp3) is 0.731. The average molecular weight is 571 g/mol. The summed E-state index contributed by atoms with van der Waals surface area (Å²) in [6.45, 7) is 11.7. The van der Waals surface area contributed by atoms with Crippen molar-refractivity contribution >= 4 is 45.4 Å². The van der Waals surface area contributed by atoms with Crippen LogP contribution in [0.25, 0.3) is 0 Å². The number of hydrogen-bond acceptors (Lipinski definition) is 5. The second-order valence-corrected chi connectivity index (χ2v) is 12.6. The van der Waals surface area contributed by atoms with E-state index in [-0.39, 0.29) is 34.4 Å². The minimum atomic E-state index is -0.633. The summed E-state index contributed by atoms with van der Waals surface area (Å²) in [5, 5.41) is 9.28. The van der Waals surface area contributed by atoms with Crippen LogP contribution in [0, 0.1) is 11.8 Å². The molecule has 6 atom stereocenters. The molecule has 0 aromatic carbocycles. The average Bonchev–Trinajstić information content (AvgIpc) is 3.41. The Kier molecular flexibility index (Phi) is 9.91. The first kappa shape index (κ1) is 28.3. The lowest BCUT2D eigenvalue weighted by molar-refractivity contribution is -0.144. The highest BCUT2D eigenvalue weighted by atomic mass is 79.9. The van der Waals surface area contributed by atoms with Crippen molar-refractivity contribution in [3.8, 4) is 0 Å². The van der Waals surface area contributed by atoms with Crippen LogP contribution in [-0.2, 0) is 14.4 Å². The number of likely N-dealkylation sites (N-methyl/N-ethyl adjacent to an activating group) is 1. The molecule has 0 radical (unpaired) electrons. The molecule has 196 valence electrons. The number of thioether (sulfide) groups is 1. The van der Waals surface area contributed by atoms with E-state index < -0.39 is 22.6 Å². The largest absolute Gasteiger partial charge is 0.396 e. The summed E-state index contributed by atoms with van der Waals surface area (Å²) in [5.74, 6) is -1.17. The number of unbranched alkanes of at least 4 members (excludes halogenated alkanes) is 3. The van der Waals surface area contributed by atoms with E-state index >= 15 is 0 Å². The molecule has 3 unspecified atom stereocenters. The molecule has 1 spiro atoms. The number of aliphatic hydroxyl groups excluding tert-OH is 1. The van der Waals surface area contributed by atoms with Gasteiger partial charge in [-0.2, -0.15) is 0 Å². The van der Waals surface area contributed by atoms with Crippen molar-refractivity contribution in [2.45, 2.75) is 66.3 Å². The van der Waals surface area contributed by atoms with Crippen LogP contribution in [0.5, 0.6) is 0 Å². The van der Waals surface area contributed by atoms with Crippen LogP contribution in [-0.4, -0.2) is 98.2 Å². The first-order valence-corrected chi connectivity index (χ1v) is 14.6. The van der Waals surface area contributed by atoms with E-state index in [1.54, 1.807) is 40.8 Å². The molecule has 1 N–H and O–H groups in total. The highest BCUT2D eigenvalue weighted by Gasteiger charge is 2.75. The minimum absolute atomic E-state index is 0.0405. The zero-order valence-electron chi connectivity index (χ0n) is 21.0. The molecular formula is C26H40BrN3O4S. The number of alkyl halides is 1. The van der Waals surface area contributed by atoms with Crippen molar-refractivity contribution in [2.75, 3.05) is 39.8 Å². The van der Waals surface area contributed by atoms with Crippen molar-refractivity contribution in [3.63, 3.8) is 0 Å². The van der Waals surface area contributed by atoms with Gasteiger partial charge in [-0.25, -0.2) is 0 Å². The topological polar surface area (TPSA) is 81.2 Å². The quantitative estimate of drug-likeness (QED) is 0.197. The highest BCUT2D eigenvalue weighted by molar-refractivity contribution is 9.09. The number of halogens is 1. The van der Waals surface area contributed by atoms with Crippen LogP contribution in [0.1, 0.15) is 45.4 Å². The van der Waals surface area contributed by atoms with Crippen molar-refractivity contribution in [2.24, 2.45) is 11.8 Å². The summed E-state index contributed by atoms with van der Waals surface area (Å²) in [4.78, 5) is 47.0. The van der Waals surface area contributed by atoms with Gasteiger partial charge in [0.2, 0.25) is 17.7 Å². The van der Waals surface area contributed by atoms with Gasteiger partial charge < -0.3 is 19.8 Å². The van der Waals surface area contributed by atoms with Gasteiger partial charge in [-0.3, -0.25) is 14.4 Å². The van der Waals surface area contributed by atoms with E-state index in [4.69, 9.17) is 0 Å². The van der Waals surface area contributed by atoms with Gasteiger partial charge in [0.05, 0.1) is 16.6 Å². The maximum absolute atomic E-state index is 14.2. The van der Waals surface area contributed by atoms with Crippen molar-refractivity contribution in [1.82, 2.24) is 14.7 Å². The van der Waals surface area contributed by atoms with E-state index in [9.17, 15) is 19.5 Å². The predicted octanol–water partition coefficient (Wildman–Crippen LogP) is 3.07. The van der Waals surface area contributed by atoms with Gasteiger partial charge in [0.15, 0.2) is 0 Å². The first-order valence-electron chi connectivity index (χ1n) is 12.8.